The van der Waals surface area contributed by atoms with E-state index in [0.29, 0.717) is 6.61 Å². The van der Waals surface area contributed by atoms with Crippen molar-refractivity contribution in [1.82, 2.24) is 0 Å². The first kappa shape index (κ1) is 14.6. The van der Waals surface area contributed by atoms with E-state index in [1.807, 2.05) is 32.2 Å². The highest BCUT2D eigenvalue weighted by Crippen LogP contribution is 2.25. The molecule has 0 heterocycles. The number of nitrogens with zero attached hydrogens (tertiary/aromatic N) is 1. The number of anilines is 2. The average Bonchev–Trinajstić information content (AvgIpc) is 2.34. The molecule has 0 saturated carbocycles. The zero-order valence-corrected chi connectivity index (χ0v) is 11.4. The highest BCUT2D eigenvalue weighted by molar-refractivity contribution is 5.60. The summed E-state index contributed by atoms with van der Waals surface area (Å²) in [6, 6.07) is 5.80. The van der Waals surface area contributed by atoms with Gasteiger partial charge in [0, 0.05) is 43.7 Å². The maximum atomic E-state index is 8.73. The summed E-state index contributed by atoms with van der Waals surface area (Å²) in [5.41, 5.74) is 7.66. The second kappa shape index (κ2) is 7.82. The molecule has 0 radical (unpaired) electrons. The lowest BCUT2D eigenvalue weighted by molar-refractivity contribution is 0.283. The van der Waals surface area contributed by atoms with E-state index in [4.69, 9.17) is 15.6 Å². The normalized spacial score (nSPS) is 10.4. The highest BCUT2D eigenvalue weighted by atomic mass is 16.5. The van der Waals surface area contributed by atoms with Gasteiger partial charge >= 0.3 is 0 Å². The lowest BCUT2D eigenvalue weighted by Gasteiger charge is -2.20. The summed E-state index contributed by atoms with van der Waals surface area (Å²) < 4.78 is 5.48. The average molecular weight is 252 g/mol. The number of rotatable bonds is 8. The van der Waals surface area contributed by atoms with Gasteiger partial charge in [0.1, 0.15) is 5.75 Å². The molecule has 1 aromatic carbocycles. The van der Waals surface area contributed by atoms with Gasteiger partial charge in [-0.05, 0) is 32.3 Å². The van der Waals surface area contributed by atoms with Gasteiger partial charge in [-0.3, -0.25) is 0 Å². The van der Waals surface area contributed by atoms with Gasteiger partial charge in [0.25, 0.3) is 0 Å². The SMILES string of the molecule is CCOc1cc(N)cc(N(C)CCCCCO)c1. The van der Waals surface area contributed by atoms with Gasteiger partial charge in [0.2, 0.25) is 0 Å². The molecule has 0 atom stereocenters. The van der Waals surface area contributed by atoms with Crippen LogP contribution in [0, 0.1) is 0 Å². The fourth-order valence-electron chi connectivity index (χ4n) is 1.84. The van der Waals surface area contributed by atoms with Crippen LogP contribution in [-0.2, 0) is 0 Å². The zero-order chi connectivity index (χ0) is 13.4. The predicted molar refractivity (Wildman–Crippen MR) is 76.2 cm³/mol. The summed E-state index contributed by atoms with van der Waals surface area (Å²) in [4.78, 5) is 2.16. The molecule has 4 nitrogen and oxygen atoms in total. The molecule has 1 aromatic rings. The first-order valence-corrected chi connectivity index (χ1v) is 6.52. The number of unbranched alkanes of at least 4 members (excludes halogenated alkanes) is 2. The van der Waals surface area contributed by atoms with Crippen molar-refractivity contribution in [2.24, 2.45) is 0 Å². The second-order valence-corrected chi connectivity index (χ2v) is 4.40. The van der Waals surface area contributed by atoms with Gasteiger partial charge in [0.05, 0.1) is 6.61 Å². The Labute approximate surface area is 109 Å². The molecular weight excluding hydrogens is 228 g/mol. The summed E-state index contributed by atoms with van der Waals surface area (Å²) in [6.45, 7) is 3.83. The standard InChI is InChI=1S/C14H24N2O2/c1-3-18-14-10-12(15)9-13(11-14)16(2)7-5-4-6-8-17/h9-11,17H,3-8,15H2,1-2H3. The third-order valence-electron chi connectivity index (χ3n) is 2.82. The van der Waals surface area contributed by atoms with Crippen molar-refractivity contribution in [2.45, 2.75) is 26.2 Å². The molecule has 0 amide bonds. The van der Waals surface area contributed by atoms with Gasteiger partial charge in [-0.2, -0.15) is 0 Å². The number of hydrogen-bond acceptors (Lipinski definition) is 4. The van der Waals surface area contributed by atoms with Gasteiger partial charge in [0.15, 0.2) is 0 Å². The molecular formula is C14H24N2O2. The third kappa shape index (κ3) is 4.84. The molecule has 0 bridgehead atoms. The minimum atomic E-state index is 0.274. The van der Waals surface area contributed by atoms with E-state index >= 15 is 0 Å². The second-order valence-electron chi connectivity index (χ2n) is 4.40. The van der Waals surface area contributed by atoms with Crippen molar-refractivity contribution >= 4 is 11.4 Å². The molecule has 3 N–H and O–H groups in total. The Morgan fingerprint density at radius 3 is 2.67 bits per heavy atom. The van der Waals surface area contributed by atoms with Crippen LogP contribution in [0.4, 0.5) is 11.4 Å². The molecule has 0 aromatic heterocycles. The summed E-state index contributed by atoms with van der Waals surface area (Å²) >= 11 is 0. The molecule has 0 unspecified atom stereocenters. The maximum Gasteiger partial charge on any atom is 0.123 e. The van der Waals surface area contributed by atoms with Crippen molar-refractivity contribution in [1.29, 1.82) is 0 Å². The van der Waals surface area contributed by atoms with E-state index in [0.717, 1.165) is 42.9 Å². The Morgan fingerprint density at radius 2 is 2.00 bits per heavy atom. The Morgan fingerprint density at radius 1 is 1.22 bits per heavy atom. The lowest BCUT2D eigenvalue weighted by Crippen LogP contribution is -2.18. The van der Waals surface area contributed by atoms with Crippen LogP contribution in [0.1, 0.15) is 26.2 Å². The van der Waals surface area contributed by atoms with E-state index < -0.39 is 0 Å². The van der Waals surface area contributed by atoms with Crippen molar-refractivity contribution in [2.75, 3.05) is 37.4 Å². The van der Waals surface area contributed by atoms with Gasteiger partial charge in [-0.1, -0.05) is 0 Å². The highest BCUT2D eigenvalue weighted by Gasteiger charge is 2.04. The topological polar surface area (TPSA) is 58.7 Å². The van der Waals surface area contributed by atoms with E-state index in [1.165, 1.54) is 0 Å². The van der Waals surface area contributed by atoms with Crippen molar-refractivity contribution in [3.05, 3.63) is 18.2 Å². The van der Waals surface area contributed by atoms with Crippen molar-refractivity contribution in [3.8, 4) is 5.75 Å². The molecule has 4 heteroatoms. The number of benzene rings is 1. The number of aliphatic hydroxyl groups excluding tert-OH is 1. The van der Waals surface area contributed by atoms with Crippen molar-refractivity contribution < 1.29 is 9.84 Å². The number of aliphatic hydroxyl groups is 1. The zero-order valence-electron chi connectivity index (χ0n) is 11.4. The monoisotopic (exact) mass is 252 g/mol. The number of hydrogen-bond donors (Lipinski definition) is 2. The molecule has 0 aliphatic heterocycles. The summed E-state index contributed by atoms with van der Waals surface area (Å²) in [5, 5.41) is 8.73. The quantitative estimate of drug-likeness (QED) is 0.550. The molecule has 1 rings (SSSR count). The van der Waals surface area contributed by atoms with Crippen LogP contribution in [0.3, 0.4) is 0 Å². The number of ether oxygens (including phenoxy) is 1. The molecule has 102 valence electrons. The van der Waals surface area contributed by atoms with Gasteiger partial charge in [-0.25, -0.2) is 0 Å². The molecule has 0 fully saturated rings. The fourth-order valence-corrected chi connectivity index (χ4v) is 1.84. The molecule has 18 heavy (non-hydrogen) atoms. The number of nitrogens with two attached hydrogens (primary N) is 1. The van der Waals surface area contributed by atoms with Gasteiger partial charge < -0.3 is 20.5 Å². The van der Waals surface area contributed by atoms with Crippen LogP contribution in [0.2, 0.25) is 0 Å². The minimum Gasteiger partial charge on any atom is -0.494 e. The molecule has 0 spiro atoms. The minimum absolute atomic E-state index is 0.274. The predicted octanol–water partition coefficient (Wildman–Crippen LogP) is 2.27. The summed E-state index contributed by atoms with van der Waals surface area (Å²) in [6.07, 6.45) is 2.98. The first-order chi connectivity index (χ1) is 8.67. The Balaban J connectivity index is 2.58. The summed E-state index contributed by atoms with van der Waals surface area (Å²) in [7, 11) is 2.05. The molecule has 0 aliphatic rings. The van der Waals surface area contributed by atoms with E-state index in [9.17, 15) is 0 Å². The summed E-state index contributed by atoms with van der Waals surface area (Å²) in [5.74, 6) is 0.815. The van der Waals surface area contributed by atoms with Crippen LogP contribution in [0.15, 0.2) is 18.2 Å². The van der Waals surface area contributed by atoms with E-state index in [1.54, 1.807) is 0 Å². The largest absolute Gasteiger partial charge is 0.494 e. The molecule has 0 saturated heterocycles. The maximum absolute atomic E-state index is 8.73. The van der Waals surface area contributed by atoms with Crippen LogP contribution in [0.5, 0.6) is 5.75 Å². The van der Waals surface area contributed by atoms with Gasteiger partial charge in [-0.15, -0.1) is 0 Å². The Kier molecular flexibility index (Phi) is 6.36. The van der Waals surface area contributed by atoms with Crippen LogP contribution in [0.25, 0.3) is 0 Å². The van der Waals surface area contributed by atoms with Crippen LogP contribution in [-0.4, -0.2) is 31.9 Å². The van der Waals surface area contributed by atoms with Crippen LogP contribution >= 0.6 is 0 Å². The van der Waals surface area contributed by atoms with E-state index in [-0.39, 0.29) is 6.61 Å². The third-order valence-corrected chi connectivity index (χ3v) is 2.82. The van der Waals surface area contributed by atoms with Crippen LogP contribution < -0.4 is 15.4 Å². The Bertz CT molecular complexity index is 356. The van der Waals surface area contributed by atoms with Crippen molar-refractivity contribution in [3.63, 3.8) is 0 Å². The molecule has 0 aliphatic carbocycles. The fraction of sp³-hybridized carbons (Fsp3) is 0.571. The number of nitrogen functional groups attached to an aromatic ring is 1. The first-order valence-electron chi connectivity index (χ1n) is 6.52. The van der Waals surface area contributed by atoms with E-state index in [2.05, 4.69) is 4.90 Å². The lowest BCUT2D eigenvalue weighted by atomic mass is 10.2. The smallest absolute Gasteiger partial charge is 0.123 e. The Hall–Kier alpha value is -1.42.